The van der Waals surface area contributed by atoms with E-state index in [4.69, 9.17) is 15.2 Å². The summed E-state index contributed by atoms with van der Waals surface area (Å²) in [6.45, 7) is -0.268. The van der Waals surface area contributed by atoms with E-state index in [2.05, 4.69) is 0 Å². The van der Waals surface area contributed by atoms with Crippen LogP contribution in [0.2, 0.25) is 0 Å². The van der Waals surface area contributed by atoms with Crippen LogP contribution in [0, 0.1) is 0 Å². The molecule has 1 aliphatic rings. The van der Waals surface area contributed by atoms with Gasteiger partial charge < -0.3 is 15.2 Å². The third kappa shape index (κ3) is 4.20. The minimum absolute atomic E-state index is 0.0503. The van der Waals surface area contributed by atoms with Gasteiger partial charge in [-0.05, 0) is 24.6 Å². The minimum atomic E-state index is -0.940. The van der Waals surface area contributed by atoms with Crippen molar-refractivity contribution in [3.63, 3.8) is 0 Å². The Hall–Kier alpha value is -4.06. The molecule has 0 fully saturated rings. The maximum Gasteiger partial charge on any atom is 0.338 e. The number of aromatic nitrogens is 2. The van der Waals surface area contributed by atoms with Crippen molar-refractivity contribution in [1.29, 1.82) is 0 Å². The van der Waals surface area contributed by atoms with Crippen LogP contribution >= 0.6 is 0 Å². The van der Waals surface area contributed by atoms with Crippen molar-refractivity contribution in [3.8, 4) is 0 Å². The number of ether oxygens (including phenoxy) is 2. The van der Waals surface area contributed by atoms with Crippen molar-refractivity contribution in [1.82, 2.24) is 14.0 Å². The number of carbonyl (C=O) groups is 4. The normalized spacial score (nSPS) is 12.8. The molecular formula is C21H22N4O8. The number of nitrogens with zero attached hydrogens (tertiary/aromatic N) is 3. The van der Waals surface area contributed by atoms with E-state index in [0.717, 1.165) is 9.47 Å². The molecule has 33 heavy (non-hydrogen) atoms. The Morgan fingerprint density at radius 3 is 2.33 bits per heavy atom. The number of hydrogen-bond donors (Lipinski definition) is 1. The molecule has 0 spiro atoms. The Morgan fingerprint density at radius 2 is 1.67 bits per heavy atom. The molecule has 0 aliphatic carbocycles. The molecule has 1 aromatic carbocycles. The van der Waals surface area contributed by atoms with Gasteiger partial charge in [0, 0.05) is 34.4 Å². The highest BCUT2D eigenvalue weighted by Gasteiger charge is 2.35. The molecule has 0 bridgehead atoms. The number of nitrogen functional groups attached to an aromatic ring is 1. The first-order valence-corrected chi connectivity index (χ1v) is 9.85. The van der Waals surface area contributed by atoms with Crippen molar-refractivity contribution in [2.24, 2.45) is 14.1 Å². The van der Waals surface area contributed by atoms with Gasteiger partial charge in [0.05, 0.1) is 16.7 Å². The van der Waals surface area contributed by atoms with Gasteiger partial charge in [-0.2, -0.15) is 0 Å². The van der Waals surface area contributed by atoms with Crippen LogP contribution in [0.3, 0.4) is 0 Å². The van der Waals surface area contributed by atoms with E-state index in [9.17, 15) is 28.8 Å². The summed E-state index contributed by atoms with van der Waals surface area (Å²) in [5.41, 5.74) is 3.78. The number of rotatable bonds is 8. The summed E-state index contributed by atoms with van der Waals surface area (Å²) in [5, 5.41) is 0. The lowest BCUT2D eigenvalue weighted by atomic mass is 10.1. The van der Waals surface area contributed by atoms with Gasteiger partial charge in [-0.3, -0.25) is 33.2 Å². The maximum absolute atomic E-state index is 12.6. The lowest BCUT2D eigenvalue weighted by Gasteiger charge is -2.12. The molecular weight excluding hydrogens is 436 g/mol. The van der Waals surface area contributed by atoms with Crippen LogP contribution in [0.15, 0.2) is 27.8 Å². The molecule has 0 saturated carbocycles. The van der Waals surface area contributed by atoms with Gasteiger partial charge in [-0.15, -0.1) is 0 Å². The Balaban J connectivity index is 1.76. The van der Waals surface area contributed by atoms with Crippen molar-refractivity contribution >= 4 is 29.4 Å². The number of hydrogen-bond acceptors (Lipinski definition) is 9. The smallest absolute Gasteiger partial charge is 0.338 e. The van der Waals surface area contributed by atoms with Gasteiger partial charge >= 0.3 is 11.7 Å². The summed E-state index contributed by atoms with van der Waals surface area (Å²) in [6, 6.07) is 3.86. The SMILES string of the molecule is COCCCN1C(=O)c2ccc(C(=O)OCC(=O)c3c(N)n(C)c(=O)n(C)c3=O)cc2C1=O. The molecule has 0 unspecified atom stereocenters. The summed E-state index contributed by atoms with van der Waals surface area (Å²) >= 11 is 0. The van der Waals surface area contributed by atoms with Gasteiger partial charge in [0.15, 0.2) is 6.61 Å². The average Bonchev–Trinajstić information content (AvgIpc) is 3.04. The first-order valence-electron chi connectivity index (χ1n) is 9.85. The topological polar surface area (TPSA) is 160 Å². The Kier molecular flexibility index (Phi) is 6.58. The molecule has 1 aliphatic heterocycles. The molecule has 2 heterocycles. The van der Waals surface area contributed by atoms with Crippen LogP contribution in [0.25, 0.3) is 0 Å². The first-order chi connectivity index (χ1) is 15.6. The van der Waals surface area contributed by atoms with Gasteiger partial charge in [-0.1, -0.05) is 0 Å². The molecule has 1 aromatic heterocycles. The largest absolute Gasteiger partial charge is 0.454 e. The Morgan fingerprint density at radius 1 is 1.00 bits per heavy atom. The van der Waals surface area contributed by atoms with Gasteiger partial charge in [0.25, 0.3) is 17.4 Å². The molecule has 2 amide bonds. The van der Waals surface area contributed by atoms with E-state index >= 15 is 0 Å². The standard InChI is InChI=1S/C21H22N4O8/c1-23-16(22)15(19(29)24(2)21(23)31)14(26)10-33-20(30)11-5-6-12-13(9-11)18(28)25(17(12)27)7-4-8-32-3/h5-6,9H,4,7-8,10,22H2,1-3H3. The number of ketones is 1. The molecule has 0 atom stereocenters. The van der Waals surface area contributed by atoms with Crippen LogP contribution in [0.5, 0.6) is 0 Å². The molecule has 174 valence electrons. The zero-order chi connectivity index (χ0) is 24.4. The van der Waals surface area contributed by atoms with Crippen LogP contribution in [0.4, 0.5) is 5.82 Å². The van der Waals surface area contributed by atoms with Crippen LogP contribution in [0.1, 0.15) is 47.9 Å². The molecule has 0 saturated heterocycles. The molecule has 0 radical (unpaired) electrons. The fraction of sp³-hybridized carbons (Fsp3) is 0.333. The summed E-state index contributed by atoms with van der Waals surface area (Å²) in [7, 11) is 3.99. The second-order valence-corrected chi connectivity index (χ2v) is 7.33. The van der Waals surface area contributed by atoms with Crippen LogP contribution in [-0.4, -0.2) is 64.5 Å². The summed E-state index contributed by atoms with van der Waals surface area (Å²) < 4.78 is 11.6. The molecule has 2 aromatic rings. The van der Waals surface area contributed by atoms with E-state index in [1.54, 1.807) is 0 Å². The zero-order valence-corrected chi connectivity index (χ0v) is 18.2. The lowest BCUT2D eigenvalue weighted by Crippen LogP contribution is -2.42. The second kappa shape index (κ2) is 9.20. The Bertz CT molecular complexity index is 1290. The predicted molar refractivity (Wildman–Crippen MR) is 114 cm³/mol. The quantitative estimate of drug-likeness (QED) is 0.234. The van der Waals surface area contributed by atoms with E-state index in [-0.39, 0.29) is 29.1 Å². The Labute approximate surface area is 187 Å². The molecule has 3 rings (SSSR count). The number of anilines is 1. The average molecular weight is 458 g/mol. The minimum Gasteiger partial charge on any atom is -0.454 e. The van der Waals surface area contributed by atoms with Crippen molar-refractivity contribution < 1.29 is 28.7 Å². The van der Waals surface area contributed by atoms with E-state index in [1.807, 2.05) is 0 Å². The third-order valence-electron chi connectivity index (χ3n) is 5.26. The highest BCUT2D eigenvalue weighted by Crippen LogP contribution is 2.24. The molecule has 2 N–H and O–H groups in total. The fourth-order valence-electron chi connectivity index (χ4n) is 3.40. The molecule has 12 heteroatoms. The van der Waals surface area contributed by atoms with Crippen LogP contribution in [-0.2, 0) is 23.6 Å². The zero-order valence-electron chi connectivity index (χ0n) is 18.2. The van der Waals surface area contributed by atoms with Gasteiger partial charge in [-0.25, -0.2) is 9.59 Å². The van der Waals surface area contributed by atoms with E-state index < -0.39 is 47.0 Å². The molecule has 12 nitrogen and oxygen atoms in total. The summed E-state index contributed by atoms with van der Waals surface area (Å²) in [6.07, 6.45) is 0.465. The number of amides is 2. The number of methoxy groups -OCH3 is 1. The highest BCUT2D eigenvalue weighted by molar-refractivity contribution is 6.22. The highest BCUT2D eigenvalue weighted by atomic mass is 16.5. The second-order valence-electron chi connectivity index (χ2n) is 7.33. The number of fused-ring (bicyclic) bond motifs is 1. The van der Waals surface area contributed by atoms with E-state index in [0.29, 0.717) is 17.6 Å². The van der Waals surface area contributed by atoms with Gasteiger partial charge in [0.1, 0.15) is 11.4 Å². The van der Waals surface area contributed by atoms with Gasteiger partial charge in [0.2, 0.25) is 5.78 Å². The number of nitrogens with two attached hydrogens (primary N) is 1. The number of Topliss-reactive ketones (excluding diaryl/α,β-unsaturated/α-hetero) is 1. The summed E-state index contributed by atoms with van der Waals surface area (Å²) in [4.78, 5) is 75.1. The number of imide groups is 1. The van der Waals surface area contributed by atoms with Crippen molar-refractivity contribution in [3.05, 3.63) is 61.3 Å². The number of benzene rings is 1. The summed E-state index contributed by atoms with van der Waals surface area (Å²) in [5.74, 6) is -3.20. The number of esters is 1. The third-order valence-corrected chi connectivity index (χ3v) is 5.26. The van der Waals surface area contributed by atoms with Crippen molar-refractivity contribution in [2.75, 3.05) is 32.6 Å². The fourth-order valence-corrected chi connectivity index (χ4v) is 3.40. The first kappa shape index (κ1) is 23.6. The maximum atomic E-state index is 12.6. The van der Waals surface area contributed by atoms with Crippen LogP contribution < -0.4 is 17.0 Å². The van der Waals surface area contributed by atoms with E-state index in [1.165, 1.54) is 39.4 Å². The van der Waals surface area contributed by atoms with Crippen molar-refractivity contribution in [2.45, 2.75) is 6.42 Å². The number of carbonyl (C=O) groups excluding carboxylic acids is 4. The lowest BCUT2D eigenvalue weighted by molar-refractivity contribution is 0.0474. The monoisotopic (exact) mass is 458 g/mol. The predicted octanol–water partition coefficient (Wildman–Crippen LogP) is -0.662.